The minimum atomic E-state index is 0.598. The predicted octanol–water partition coefficient (Wildman–Crippen LogP) is 2.40. The third kappa shape index (κ3) is 1.78. The highest BCUT2D eigenvalue weighted by Crippen LogP contribution is 2.47. The first-order valence-electron chi connectivity index (χ1n) is 6.43. The lowest BCUT2D eigenvalue weighted by Gasteiger charge is -2.21. The van der Waals surface area contributed by atoms with Gasteiger partial charge in [-0.1, -0.05) is 6.92 Å². The lowest BCUT2D eigenvalue weighted by atomic mass is 9.97. The molecule has 0 amide bonds. The molecule has 3 rings (SSSR count). The first-order valence-corrected chi connectivity index (χ1v) is 6.43. The molecule has 0 bridgehead atoms. The average Bonchev–Trinajstić information content (AvgIpc) is 2.64. The summed E-state index contributed by atoms with van der Waals surface area (Å²) in [5.74, 6) is 3.03. The van der Waals surface area contributed by atoms with Crippen LogP contribution in [0, 0.1) is 0 Å². The molecule has 0 saturated carbocycles. The van der Waals surface area contributed by atoms with Crippen molar-refractivity contribution in [2.45, 2.75) is 31.6 Å². The topological polar surface area (TPSA) is 44.5 Å². The largest absolute Gasteiger partial charge is 0.486 e. The molecule has 0 saturated heterocycles. The van der Waals surface area contributed by atoms with Crippen LogP contribution in [0.25, 0.3) is 0 Å². The summed E-state index contributed by atoms with van der Waals surface area (Å²) in [4.78, 5) is 0. The van der Waals surface area contributed by atoms with Gasteiger partial charge in [-0.3, -0.25) is 0 Å². The minimum absolute atomic E-state index is 0.598. The molecule has 1 heterocycles. The van der Waals surface area contributed by atoms with Crippen LogP contribution in [-0.4, -0.2) is 19.8 Å². The van der Waals surface area contributed by atoms with Crippen molar-refractivity contribution in [3.8, 4) is 11.5 Å². The Bertz CT molecular complexity index is 430. The molecule has 2 unspecified atom stereocenters. The van der Waals surface area contributed by atoms with Crippen LogP contribution in [0.3, 0.4) is 0 Å². The summed E-state index contributed by atoms with van der Waals surface area (Å²) in [6.07, 6.45) is 2.27. The first kappa shape index (κ1) is 10.9. The molecule has 17 heavy (non-hydrogen) atoms. The Hall–Kier alpha value is -1.22. The van der Waals surface area contributed by atoms with Crippen molar-refractivity contribution in [2.24, 2.45) is 5.73 Å². The molecule has 92 valence electrons. The highest BCUT2D eigenvalue weighted by atomic mass is 16.6. The van der Waals surface area contributed by atoms with Crippen LogP contribution in [-0.2, 0) is 0 Å². The molecule has 3 nitrogen and oxygen atoms in total. The molecular formula is C14H19NO2. The zero-order valence-corrected chi connectivity index (χ0v) is 10.2. The van der Waals surface area contributed by atoms with Gasteiger partial charge in [-0.05, 0) is 54.5 Å². The standard InChI is InChI=1S/C14H19NO2/c1-9-6-10(2-3-15)12-8-14-13(7-11(9)12)16-4-5-17-14/h7-10H,2-6,15H2,1H3. The smallest absolute Gasteiger partial charge is 0.161 e. The molecule has 0 aromatic heterocycles. The van der Waals surface area contributed by atoms with E-state index in [1.807, 2.05) is 0 Å². The summed E-state index contributed by atoms with van der Waals surface area (Å²) in [6, 6.07) is 4.35. The summed E-state index contributed by atoms with van der Waals surface area (Å²) in [6.45, 7) is 4.35. The van der Waals surface area contributed by atoms with Crippen molar-refractivity contribution in [1.29, 1.82) is 0 Å². The van der Waals surface area contributed by atoms with Gasteiger partial charge in [0.15, 0.2) is 11.5 Å². The Morgan fingerprint density at radius 1 is 1.18 bits per heavy atom. The molecule has 1 aromatic rings. The van der Waals surface area contributed by atoms with Crippen LogP contribution >= 0.6 is 0 Å². The predicted molar refractivity (Wildman–Crippen MR) is 66.9 cm³/mol. The van der Waals surface area contributed by atoms with Crippen LogP contribution in [0.15, 0.2) is 12.1 Å². The van der Waals surface area contributed by atoms with E-state index in [0.717, 1.165) is 24.5 Å². The highest BCUT2D eigenvalue weighted by molar-refractivity contribution is 5.52. The van der Waals surface area contributed by atoms with Gasteiger partial charge in [-0.25, -0.2) is 0 Å². The van der Waals surface area contributed by atoms with E-state index in [4.69, 9.17) is 15.2 Å². The van der Waals surface area contributed by atoms with Crippen LogP contribution in [0.5, 0.6) is 11.5 Å². The van der Waals surface area contributed by atoms with E-state index in [1.54, 1.807) is 0 Å². The van der Waals surface area contributed by atoms with Gasteiger partial charge < -0.3 is 15.2 Å². The molecule has 2 N–H and O–H groups in total. The van der Waals surface area contributed by atoms with E-state index in [0.29, 0.717) is 25.0 Å². The zero-order chi connectivity index (χ0) is 11.8. The minimum Gasteiger partial charge on any atom is -0.486 e. The number of rotatable bonds is 2. The summed E-state index contributed by atoms with van der Waals surface area (Å²) in [5.41, 5.74) is 8.54. The Morgan fingerprint density at radius 2 is 1.82 bits per heavy atom. The third-order valence-corrected chi connectivity index (χ3v) is 3.87. The van der Waals surface area contributed by atoms with Crippen LogP contribution in [0.2, 0.25) is 0 Å². The van der Waals surface area contributed by atoms with Gasteiger partial charge in [0, 0.05) is 0 Å². The van der Waals surface area contributed by atoms with E-state index >= 15 is 0 Å². The van der Waals surface area contributed by atoms with Crippen molar-refractivity contribution >= 4 is 0 Å². The van der Waals surface area contributed by atoms with Gasteiger partial charge >= 0.3 is 0 Å². The second kappa shape index (κ2) is 4.22. The zero-order valence-electron chi connectivity index (χ0n) is 10.2. The third-order valence-electron chi connectivity index (χ3n) is 3.87. The number of hydrogen-bond acceptors (Lipinski definition) is 3. The van der Waals surface area contributed by atoms with Crippen molar-refractivity contribution in [2.75, 3.05) is 19.8 Å². The number of fused-ring (bicyclic) bond motifs is 2. The molecule has 1 aromatic carbocycles. The van der Waals surface area contributed by atoms with Gasteiger partial charge in [0.25, 0.3) is 0 Å². The number of hydrogen-bond donors (Lipinski definition) is 1. The summed E-state index contributed by atoms with van der Waals surface area (Å²) < 4.78 is 11.3. The fraction of sp³-hybridized carbons (Fsp3) is 0.571. The maximum absolute atomic E-state index is 5.69. The van der Waals surface area contributed by atoms with Crippen LogP contribution in [0.4, 0.5) is 0 Å². The van der Waals surface area contributed by atoms with Gasteiger partial charge in [0.2, 0.25) is 0 Å². The fourth-order valence-electron chi connectivity index (χ4n) is 3.06. The van der Waals surface area contributed by atoms with Crippen LogP contribution < -0.4 is 15.2 Å². The van der Waals surface area contributed by atoms with E-state index in [1.165, 1.54) is 17.5 Å². The maximum Gasteiger partial charge on any atom is 0.161 e. The summed E-state index contributed by atoms with van der Waals surface area (Å²) in [5, 5.41) is 0. The monoisotopic (exact) mass is 233 g/mol. The van der Waals surface area contributed by atoms with Gasteiger partial charge in [0.05, 0.1) is 0 Å². The van der Waals surface area contributed by atoms with Crippen molar-refractivity contribution in [3.63, 3.8) is 0 Å². The van der Waals surface area contributed by atoms with E-state index in [-0.39, 0.29) is 0 Å². The maximum atomic E-state index is 5.69. The Morgan fingerprint density at radius 3 is 2.47 bits per heavy atom. The summed E-state index contributed by atoms with van der Waals surface area (Å²) in [7, 11) is 0. The lowest BCUT2D eigenvalue weighted by molar-refractivity contribution is 0.171. The molecule has 0 spiro atoms. The molecule has 2 atom stereocenters. The van der Waals surface area contributed by atoms with Crippen LogP contribution in [0.1, 0.15) is 42.7 Å². The number of ether oxygens (including phenoxy) is 2. The second-order valence-corrected chi connectivity index (χ2v) is 5.04. The Labute approximate surface area is 102 Å². The van der Waals surface area contributed by atoms with E-state index in [2.05, 4.69) is 19.1 Å². The van der Waals surface area contributed by atoms with Crippen molar-refractivity contribution in [3.05, 3.63) is 23.3 Å². The highest BCUT2D eigenvalue weighted by Gasteiger charge is 2.30. The molecule has 1 aliphatic heterocycles. The summed E-state index contributed by atoms with van der Waals surface area (Å²) >= 11 is 0. The van der Waals surface area contributed by atoms with Gasteiger partial charge in [-0.15, -0.1) is 0 Å². The van der Waals surface area contributed by atoms with Gasteiger partial charge in [0.1, 0.15) is 13.2 Å². The Balaban J connectivity index is 2.01. The molecular weight excluding hydrogens is 214 g/mol. The molecule has 0 fully saturated rings. The normalized spacial score (nSPS) is 25.8. The number of benzene rings is 1. The second-order valence-electron chi connectivity index (χ2n) is 5.04. The van der Waals surface area contributed by atoms with E-state index in [9.17, 15) is 0 Å². The molecule has 0 radical (unpaired) electrons. The average molecular weight is 233 g/mol. The van der Waals surface area contributed by atoms with E-state index < -0.39 is 0 Å². The van der Waals surface area contributed by atoms with Gasteiger partial charge in [-0.2, -0.15) is 0 Å². The molecule has 2 aliphatic rings. The van der Waals surface area contributed by atoms with Crippen molar-refractivity contribution in [1.82, 2.24) is 0 Å². The Kier molecular flexibility index (Phi) is 2.71. The number of nitrogens with two attached hydrogens (primary N) is 1. The lowest BCUT2D eigenvalue weighted by Crippen LogP contribution is -2.16. The molecule has 1 aliphatic carbocycles. The fourth-order valence-corrected chi connectivity index (χ4v) is 3.06. The first-order chi connectivity index (χ1) is 8.29. The quantitative estimate of drug-likeness (QED) is 0.853. The van der Waals surface area contributed by atoms with Crippen molar-refractivity contribution < 1.29 is 9.47 Å². The SMILES string of the molecule is CC1CC(CCN)c2cc3c(cc21)OCCO3. The molecule has 3 heteroatoms.